The lowest BCUT2D eigenvalue weighted by Gasteiger charge is -2.15. The van der Waals surface area contributed by atoms with E-state index in [-0.39, 0.29) is 19.0 Å². The molecule has 1 aliphatic rings. The number of nitrogens with one attached hydrogen (secondary N) is 1. The number of aryl methyl sites for hydroxylation is 3. The summed E-state index contributed by atoms with van der Waals surface area (Å²) in [6, 6.07) is 6.92. The standard InChI is InChI=1S/C22H21F3N4O3/c1-13-8-16(19-28-20(32-29-19)22(23,24)25)6-7-17(13)11-27-21(30)31-12-14-9-15-4-2-3-5-18(15)26-10-14/h6-10H,2-5,11-12H2,1H3,(H,27,30). The normalized spacial score (nSPS) is 13.5. The topological polar surface area (TPSA) is 90.1 Å². The fourth-order valence-corrected chi connectivity index (χ4v) is 3.57. The van der Waals surface area contributed by atoms with Gasteiger partial charge in [0.1, 0.15) is 6.61 Å². The van der Waals surface area contributed by atoms with Crippen LogP contribution in [0.15, 0.2) is 35.0 Å². The van der Waals surface area contributed by atoms with Crippen molar-refractivity contribution in [1.82, 2.24) is 20.4 Å². The molecule has 0 atom stereocenters. The Morgan fingerprint density at radius 1 is 1.22 bits per heavy atom. The number of ether oxygens (including phenoxy) is 1. The van der Waals surface area contributed by atoms with Crippen molar-refractivity contribution < 1.29 is 27.2 Å². The van der Waals surface area contributed by atoms with Crippen molar-refractivity contribution >= 4 is 6.09 Å². The van der Waals surface area contributed by atoms with Gasteiger partial charge in [0, 0.05) is 29.6 Å². The highest BCUT2D eigenvalue weighted by molar-refractivity contribution is 5.67. The molecule has 1 amide bonds. The highest BCUT2D eigenvalue weighted by Gasteiger charge is 2.38. The average molecular weight is 446 g/mol. The van der Waals surface area contributed by atoms with E-state index < -0.39 is 18.2 Å². The Morgan fingerprint density at radius 3 is 2.78 bits per heavy atom. The van der Waals surface area contributed by atoms with Gasteiger partial charge in [-0.15, -0.1) is 0 Å². The van der Waals surface area contributed by atoms with E-state index in [9.17, 15) is 18.0 Å². The number of hydrogen-bond acceptors (Lipinski definition) is 6. The van der Waals surface area contributed by atoms with E-state index in [1.807, 2.05) is 6.07 Å². The van der Waals surface area contributed by atoms with Gasteiger partial charge in [0.25, 0.3) is 0 Å². The first-order chi connectivity index (χ1) is 15.3. The summed E-state index contributed by atoms with van der Waals surface area (Å²) in [5, 5.41) is 6.05. The maximum atomic E-state index is 12.6. The Kier molecular flexibility index (Phi) is 6.11. The summed E-state index contributed by atoms with van der Waals surface area (Å²) < 4.78 is 47.4. The van der Waals surface area contributed by atoms with Crippen LogP contribution in [0.1, 0.15) is 46.7 Å². The molecule has 1 aliphatic carbocycles. The van der Waals surface area contributed by atoms with Crippen molar-refractivity contribution in [3.8, 4) is 11.4 Å². The number of carbonyl (C=O) groups excluding carboxylic acids is 1. The molecule has 4 rings (SSSR count). The number of halogens is 3. The van der Waals surface area contributed by atoms with Gasteiger partial charge in [-0.05, 0) is 61.4 Å². The highest BCUT2D eigenvalue weighted by Crippen LogP contribution is 2.29. The van der Waals surface area contributed by atoms with E-state index in [0.29, 0.717) is 5.56 Å². The van der Waals surface area contributed by atoms with Crippen LogP contribution in [0.2, 0.25) is 0 Å². The maximum absolute atomic E-state index is 12.6. The molecule has 0 unspecified atom stereocenters. The molecular formula is C22H21F3N4O3. The lowest BCUT2D eigenvalue weighted by molar-refractivity contribution is -0.159. The number of benzene rings is 1. The van der Waals surface area contributed by atoms with E-state index in [1.165, 1.54) is 5.56 Å². The number of carbonyl (C=O) groups is 1. The van der Waals surface area contributed by atoms with E-state index in [4.69, 9.17) is 4.74 Å². The van der Waals surface area contributed by atoms with Crippen LogP contribution in [0.25, 0.3) is 11.4 Å². The maximum Gasteiger partial charge on any atom is 0.471 e. The van der Waals surface area contributed by atoms with E-state index in [0.717, 1.165) is 48.1 Å². The summed E-state index contributed by atoms with van der Waals surface area (Å²) in [5.74, 6) is -1.55. The van der Waals surface area contributed by atoms with Gasteiger partial charge >= 0.3 is 18.2 Å². The van der Waals surface area contributed by atoms with Crippen LogP contribution in [-0.4, -0.2) is 21.2 Å². The summed E-state index contributed by atoms with van der Waals surface area (Å²) in [7, 11) is 0. The second-order valence-corrected chi connectivity index (χ2v) is 7.65. The minimum Gasteiger partial charge on any atom is -0.445 e. The average Bonchev–Trinajstić information content (AvgIpc) is 3.28. The van der Waals surface area contributed by atoms with Crippen LogP contribution < -0.4 is 5.32 Å². The minimum atomic E-state index is -4.69. The van der Waals surface area contributed by atoms with Gasteiger partial charge in [-0.25, -0.2) is 4.79 Å². The molecule has 7 nitrogen and oxygen atoms in total. The first-order valence-corrected chi connectivity index (χ1v) is 10.2. The van der Waals surface area contributed by atoms with Crippen LogP contribution in [0.4, 0.5) is 18.0 Å². The predicted molar refractivity (Wildman–Crippen MR) is 107 cm³/mol. The van der Waals surface area contributed by atoms with Crippen molar-refractivity contribution in [3.63, 3.8) is 0 Å². The van der Waals surface area contributed by atoms with Gasteiger partial charge in [-0.1, -0.05) is 17.3 Å². The SMILES string of the molecule is Cc1cc(-c2noc(C(F)(F)F)n2)ccc1CNC(=O)OCc1cnc2c(c1)CCCC2. The van der Waals surface area contributed by atoms with Crippen molar-refractivity contribution in [2.75, 3.05) is 0 Å². The molecule has 1 aromatic carbocycles. The Hall–Kier alpha value is -3.43. The van der Waals surface area contributed by atoms with E-state index >= 15 is 0 Å². The van der Waals surface area contributed by atoms with Gasteiger partial charge in [-0.2, -0.15) is 18.2 Å². The number of nitrogens with zero attached hydrogens (tertiary/aromatic N) is 3. The van der Waals surface area contributed by atoms with E-state index in [2.05, 4.69) is 25.0 Å². The van der Waals surface area contributed by atoms with Crippen LogP contribution in [0.3, 0.4) is 0 Å². The van der Waals surface area contributed by atoms with Crippen molar-refractivity contribution in [3.05, 3.63) is 64.3 Å². The number of amides is 1. The summed E-state index contributed by atoms with van der Waals surface area (Å²) in [5.41, 5.74) is 5.10. The molecular weight excluding hydrogens is 425 g/mol. The molecule has 2 aromatic heterocycles. The molecule has 0 bridgehead atoms. The molecule has 0 fully saturated rings. The summed E-state index contributed by atoms with van der Waals surface area (Å²) >= 11 is 0. The fourth-order valence-electron chi connectivity index (χ4n) is 3.57. The van der Waals surface area contributed by atoms with Gasteiger partial charge in [0.15, 0.2) is 0 Å². The lowest BCUT2D eigenvalue weighted by Crippen LogP contribution is -2.24. The molecule has 0 saturated heterocycles. The Morgan fingerprint density at radius 2 is 2.03 bits per heavy atom. The second kappa shape index (κ2) is 8.97. The van der Waals surface area contributed by atoms with Gasteiger partial charge < -0.3 is 14.6 Å². The number of fused-ring (bicyclic) bond motifs is 1. The molecule has 2 heterocycles. The van der Waals surface area contributed by atoms with Crippen molar-refractivity contribution in [2.45, 2.75) is 51.9 Å². The molecule has 0 saturated carbocycles. The number of alkyl halides is 3. The Bertz CT molecular complexity index is 1130. The lowest BCUT2D eigenvalue weighted by atomic mass is 9.95. The van der Waals surface area contributed by atoms with Gasteiger partial charge in [0.05, 0.1) is 0 Å². The van der Waals surface area contributed by atoms with Gasteiger partial charge in [-0.3, -0.25) is 4.98 Å². The molecule has 168 valence electrons. The minimum absolute atomic E-state index is 0.128. The number of aromatic nitrogens is 3. The number of alkyl carbamates (subject to hydrolysis) is 1. The van der Waals surface area contributed by atoms with Crippen LogP contribution in [0.5, 0.6) is 0 Å². The zero-order valence-electron chi connectivity index (χ0n) is 17.3. The zero-order valence-corrected chi connectivity index (χ0v) is 17.3. The molecule has 0 spiro atoms. The van der Waals surface area contributed by atoms with Crippen LogP contribution >= 0.6 is 0 Å². The van der Waals surface area contributed by atoms with Crippen LogP contribution in [-0.2, 0) is 36.9 Å². The summed E-state index contributed by atoms with van der Waals surface area (Å²) in [6.07, 6.45) is 0.766. The molecule has 0 aliphatic heterocycles. The third kappa shape index (κ3) is 5.06. The number of pyridine rings is 1. The van der Waals surface area contributed by atoms with Crippen molar-refractivity contribution in [2.24, 2.45) is 0 Å². The smallest absolute Gasteiger partial charge is 0.445 e. The first-order valence-electron chi connectivity index (χ1n) is 10.2. The molecule has 0 radical (unpaired) electrons. The quantitative estimate of drug-likeness (QED) is 0.608. The highest BCUT2D eigenvalue weighted by atomic mass is 19.4. The second-order valence-electron chi connectivity index (χ2n) is 7.65. The van der Waals surface area contributed by atoms with E-state index in [1.54, 1.807) is 31.3 Å². The first kappa shape index (κ1) is 21.8. The molecule has 3 aromatic rings. The zero-order chi connectivity index (χ0) is 22.7. The fraction of sp³-hybridized carbons (Fsp3) is 0.364. The van der Waals surface area contributed by atoms with Crippen LogP contribution in [0, 0.1) is 6.92 Å². The molecule has 1 N–H and O–H groups in total. The number of hydrogen-bond donors (Lipinski definition) is 1. The molecule has 32 heavy (non-hydrogen) atoms. The van der Waals surface area contributed by atoms with Crippen molar-refractivity contribution in [1.29, 1.82) is 0 Å². The number of rotatable bonds is 5. The van der Waals surface area contributed by atoms with Gasteiger partial charge in [0.2, 0.25) is 5.82 Å². The summed E-state index contributed by atoms with van der Waals surface area (Å²) in [4.78, 5) is 19.9. The third-order valence-electron chi connectivity index (χ3n) is 5.29. The largest absolute Gasteiger partial charge is 0.471 e. The predicted octanol–water partition coefficient (Wildman–Crippen LogP) is 4.76. The third-order valence-corrected chi connectivity index (χ3v) is 5.29. The Balaban J connectivity index is 1.31. The molecule has 10 heteroatoms. The monoisotopic (exact) mass is 446 g/mol. The summed E-state index contributed by atoms with van der Waals surface area (Å²) in [6.45, 7) is 2.10. The Labute approximate surface area is 182 Å².